The van der Waals surface area contributed by atoms with E-state index in [1.807, 2.05) is 0 Å². The molecule has 0 fully saturated rings. The number of carbonyl (C=O) groups excluding carboxylic acids is 3. The second-order valence-corrected chi connectivity index (χ2v) is 13.0. The minimum atomic E-state index is -1.13. The molecule has 2 unspecified atom stereocenters. The van der Waals surface area contributed by atoms with Gasteiger partial charge in [0.05, 0.1) is 40.3 Å². The van der Waals surface area contributed by atoms with Gasteiger partial charge >= 0.3 is 11.9 Å². The second kappa shape index (κ2) is 30.6. The normalized spacial score (nSPS) is 13.6. The van der Waals surface area contributed by atoms with Gasteiger partial charge in [0.25, 0.3) is 0 Å². The van der Waals surface area contributed by atoms with E-state index in [1.54, 1.807) is 21.1 Å². The van der Waals surface area contributed by atoms with E-state index >= 15 is 0 Å². The van der Waals surface area contributed by atoms with Crippen LogP contribution in [-0.2, 0) is 28.6 Å². The van der Waals surface area contributed by atoms with E-state index in [1.165, 1.54) is 25.7 Å². The standard InChI is InChI=1S/C39H67NO7/c1-6-8-10-12-14-16-17-18-19-20-22-23-25-27-29-37(41)46-34-35(33-45-32-31-36(39(43)44)40(3,4)5)47-38(42)30-28-26-24-21-15-13-11-9-7-2/h8-11,14-16,21,35-36H,6-7,12-13,17-20,22-34H2,1-5H3/b10-8+,11-9+,16-14+,21-15+. The van der Waals surface area contributed by atoms with Crippen molar-refractivity contribution in [2.45, 2.75) is 142 Å². The molecule has 270 valence electrons. The summed E-state index contributed by atoms with van der Waals surface area (Å²) in [6, 6.07) is -0.731. The minimum absolute atomic E-state index is 0.0235. The van der Waals surface area contributed by atoms with Crippen LogP contribution in [-0.4, -0.2) is 75.5 Å². The number of ether oxygens (including phenoxy) is 3. The molecule has 0 amide bonds. The van der Waals surface area contributed by atoms with Gasteiger partial charge in [0, 0.05) is 19.3 Å². The fraction of sp³-hybridized carbons (Fsp3) is 0.718. The van der Waals surface area contributed by atoms with Crippen molar-refractivity contribution < 1.29 is 38.2 Å². The highest BCUT2D eigenvalue weighted by atomic mass is 16.6. The molecule has 0 aromatic carbocycles. The van der Waals surface area contributed by atoms with Crippen LogP contribution in [0.1, 0.15) is 129 Å². The van der Waals surface area contributed by atoms with Crippen molar-refractivity contribution in [1.29, 1.82) is 0 Å². The lowest BCUT2D eigenvalue weighted by Crippen LogP contribution is -2.55. The molecule has 47 heavy (non-hydrogen) atoms. The van der Waals surface area contributed by atoms with E-state index in [0.717, 1.165) is 64.2 Å². The summed E-state index contributed by atoms with van der Waals surface area (Å²) in [6.45, 7) is 4.35. The molecular weight excluding hydrogens is 594 g/mol. The van der Waals surface area contributed by atoms with Crippen molar-refractivity contribution in [2.24, 2.45) is 0 Å². The molecule has 0 aromatic rings. The van der Waals surface area contributed by atoms with Gasteiger partial charge in [0.15, 0.2) is 6.10 Å². The van der Waals surface area contributed by atoms with Gasteiger partial charge in [-0.2, -0.15) is 0 Å². The third-order valence-electron chi connectivity index (χ3n) is 7.71. The summed E-state index contributed by atoms with van der Waals surface area (Å²) in [4.78, 5) is 36.5. The van der Waals surface area contributed by atoms with Crippen LogP contribution in [0.15, 0.2) is 48.6 Å². The topological polar surface area (TPSA) is 102 Å². The number of likely N-dealkylation sites (N-methyl/N-ethyl adjacent to an activating group) is 1. The van der Waals surface area contributed by atoms with Crippen molar-refractivity contribution in [1.82, 2.24) is 0 Å². The number of esters is 2. The van der Waals surface area contributed by atoms with Gasteiger partial charge in [-0.15, -0.1) is 0 Å². The molecule has 0 spiro atoms. The van der Waals surface area contributed by atoms with Crippen LogP contribution in [0.4, 0.5) is 0 Å². The lowest BCUT2D eigenvalue weighted by atomic mass is 10.1. The van der Waals surface area contributed by atoms with Gasteiger partial charge in [0.2, 0.25) is 0 Å². The number of unbranched alkanes of at least 4 members (excludes halogenated alkanes) is 9. The zero-order valence-corrected chi connectivity index (χ0v) is 30.4. The Hall–Kier alpha value is -2.71. The number of carboxylic acid groups (broad SMARTS) is 1. The van der Waals surface area contributed by atoms with Crippen LogP contribution in [0.2, 0.25) is 0 Å². The summed E-state index contributed by atoms with van der Waals surface area (Å²) in [5.74, 6) is -1.80. The molecule has 0 rings (SSSR count). The molecule has 0 radical (unpaired) electrons. The fourth-order valence-corrected chi connectivity index (χ4v) is 4.91. The Balaban J connectivity index is 4.45. The van der Waals surface area contributed by atoms with Crippen LogP contribution in [0.25, 0.3) is 0 Å². The van der Waals surface area contributed by atoms with E-state index < -0.39 is 18.1 Å². The summed E-state index contributed by atoms with van der Waals surface area (Å²) >= 11 is 0. The van der Waals surface area contributed by atoms with E-state index in [0.29, 0.717) is 12.8 Å². The SMILES string of the molecule is CC/C=C/C/C=C/CCCCCCCCCC(=O)OCC(COCCC(C(=O)[O-])[N+](C)(C)C)OC(=O)CCCC/C=C/C/C=C/CC. The van der Waals surface area contributed by atoms with Crippen molar-refractivity contribution in [3.63, 3.8) is 0 Å². The highest BCUT2D eigenvalue weighted by molar-refractivity contribution is 5.70. The molecule has 0 bridgehead atoms. The molecule has 0 heterocycles. The van der Waals surface area contributed by atoms with E-state index in [-0.39, 0.29) is 49.1 Å². The molecule has 0 saturated heterocycles. The van der Waals surface area contributed by atoms with E-state index in [4.69, 9.17) is 14.2 Å². The van der Waals surface area contributed by atoms with Crippen molar-refractivity contribution in [3.8, 4) is 0 Å². The third kappa shape index (κ3) is 29.2. The van der Waals surface area contributed by atoms with Crippen LogP contribution >= 0.6 is 0 Å². The molecule has 2 atom stereocenters. The monoisotopic (exact) mass is 661 g/mol. The predicted molar refractivity (Wildman–Crippen MR) is 189 cm³/mol. The summed E-state index contributed by atoms with van der Waals surface area (Å²) in [6.07, 6.45) is 33.0. The zero-order chi connectivity index (χ0) is 35.0. The van der Waals surface area contributed by atoms with Crippen molar-refractivity contribution in [3.05, 3.63) is 48.6 Å². The van der Waals surface area contributed by atoms with Crippen LogP contribution in [0.5, 0.6) is 0 Å². The molecule has 8 nitrogen and oxygen atoms in total. The number of nitrogens with zero attached hydrogens (tertiary/aromatic N) is 1. The van der Waals surface area contributed by atoms with Crippen LogP contribution < -0.4 is 5.11 Å². The number of carboxylic acids is 1. The maximum Gasteiger partial charge on any atom is 0.306 e. The summed E-state index contributed by atoms with van der Waals surface area (Å²) in [5.41, 5.74) is 0. The molecule has 0 aliphatic heterocycles. The lowest BCUT2D eigenvalue weighted by molar-refractivity contribution is -0.889. The fourth-order valence-electron chi connectivity index (χ4n) is 4.91. The van der Waals surface area contributed by atoms with Gasteiger partial charge in [-0.3, -0.25) is 9.59 Å². The molecule has 0 N–H and O–H groups in total. The number of hydrogen-bond acceptors (Lipinski definition) is 7. The van der Waals surface area contributed by atoms with Gasteiger partial charge in [-0.25, -0.2) is 0 Å². The number of allylic oxidation sites excluding steroid dienone is 8. The average Bonchev–Trinajstić information content (AvgIpc) is 3.01. The number of quaternary nitrogens is 1. The highest BCUT2D eigenvalue weighted by Crippen LogP contribution is 2.12. The van der Waals surface area contributed by atoms with Crippen molar-refractivity contribution >= 4 is 17.9 Å². The number of carbonyl (C=O) groups is 3. The molecule has 0 aromatic heterocycles. The Bertz CT molecular complexity index is 917. The van der Waals surface area contributed by atoms with Crippen LogP contribution in [0, 0.1) is 0 Å². The first-order valence-electron chi connectivity index (χ1n) is 18.2. The first-order chi connectivity index (χ1) is 22.6. The third-order valence-corrected chi connectivity index (χ3v) is 7.71. The van der Waals surface area contributed by atoms with Gasteiger partial charge < -0.3 is 28.6 Å². The average molecular weight is 662 g/mol. The van der Waals surface area contributed by atoms with Gasteiger partial charge in [-0.05, 0) is 64.2 Å². The molecule has 0 aliphatic rings. The summed E-state index contributed by atoms with van der Waals surface area (Å²) in [5, 5.41) is 11.5. The molecule has 8 heteroatoms. The zero-order valence-electron chi connectivity index (χ0n) is 30.4. The highest BCUT2D eigenvalue weighted by Gasteiger charge is 2.25. The molecule has 0 aliphatic carbocycles. The lowest BCUT2D eigenvalue weighted by Gasteiger charge is -2.34. The first-order valence-corrected chi connectivity index (χ1v) is 18.2. The Labute approximate surface area is 286 Å². The van der Waals surface area contributed by atoms with E-state index in [9.17, 15) is 19.5 Å². The minimum Gasteiger partial charge on any atom is -0.544 e. The maximum absolute atomic E-state index is 12.5. The summed E-state index contributed by atoms with van der Waals surface area (Å²) in [7, 11) is 5.37. The first kappa shape index (κ1) is 44.3. The Morgan fingerprint density at radius 3 is 1.68 bits per heavy atom. The smallest absolute Gasteiger partial charge is 0.306 e. The second-order valence-electron chi connectivity index (χ2n) is 13.0. The van der Waals surface area contributed by atoms with Gasteiger partial charge in [-0.1, -0.05) is 94.6 Å². The number of rotatable bonds is 31. The summed E-state index contributed by atoms with van der Waals surface area (Å²) < 4.78 is 17.0. The maximum atomic E-state index is 12.5. The van der Waals surface area contributed by atoms with Crippen LogP contribution in [0.3, 0.4) is 0 Å². The molecule has 0 saturated carbocycles. The van der Waals surface area contributed by atoms with Crippen molar-refractivity contribution in [2.75, 3.05) is 41.0 Å². The Morgan fingerprint density at radius 2 is 1.13 bits per heavy atom. The molecular formula is C39H67NO7. The largest absolute Gasteiger partial charge is 0.544 e. The van der Waals surface area contributed by atoms with E-state index in [2.05, 4.69) is 62.5 Å². The van der Waals surface area contributed by atoms with Gasteiger partial charge in [0.1, 0.15) is 12.6 Å². The number of aliphatic carboxylic acids is 1. The predicted octanol–water partition coefficient (Wildman–Crippen LogP) is 7.57. The quantitative estimate of drug-likeness (QED) is 0.0327. The Kier molecular flexibility index (Phi) is 28.8. The Morgan fingerprint density at radius 1 is 0.638 bits per heavy atom. The number of hydrogen-bond donors (Lipinski definition) is 0.